The molecule has 4 nitrogen and oxygen atoms in total. The van der Waals surface area contributed by atoms with Crippen LogP contribution in [0.3, 0.4) is 0 Å². The van der Waals surface area contributed by atoms with Gasteiger partial charge < -0.3 is 15.3 Å². The Kier molecular flexibility index (Phi) is 4.12. The zero-order valence-corrected chi connectivity index (χ0v) is 9.03. The molecule has 0 spiro atoms. The molecule has 1 aromatic rings. The molecule has 0 atom stereocenters. The molecule has 2 N–H and O–H groups in total. The van der Waals surface area contributed by atoms with Gasteiger partial charge in [-0.15, -0.1) is 0 Å². The molecular formula is C11H16N2O2. The Hall–Kier alpha value is -1.55. The predicted octanol–water partition coefficient (Wildman–Crippen LogP) is 0.950. The summed E-state index contributed by atoms with van der Waals surface area (Å²) >= 11 is 0. The Morgan fingerprint density at radius 3 is 2.67 bits per heavy atom. The number of urea groups is 1. The van der Waals surface area contributed by atoms with E-state index in [1.165, 1.54) is 4.90 Å². The second-order valence-electron chi connectivity index (χ2n) is 3.53. The van der Waals surface area contributed by atoms with E-state index >= 15 is 0 Å². The molecule has 1 rings (SSSR count). The predicted molar refractivity (Wildman–Crippen MR) is 58.3 cm³/mol. The molecule has 0 saturated carbocycles. The highest BCUT2D eigenvalue weighted by atomic mass is 16.3. The van der Waals surface area contributed by atoms with Crippen LogP contribution in [0.1, 0.15) is 11.1 Å². The first-order valence-electron chi connectivity index (χ1n) is 4.77. The summed E-state index contributed by atoms with van der Waals surface area (Å²) in [5.41, 5.74) is 1.84. The summed E-state index contributed by atoms with van der Waals surface area (Å²) in [7, 11) is 3.39. The molecule has 0 radical (unpaired) electrons. The van der Waals surface area contributed by atoms with E-state index in [-0.39, 0.29) is 12.6 Å². The zero-order valence-electron chi connectivity index (χ0n) is 9.03. The molecule has 0 saturated heterocycles. The molecule has 0 bridgehead atoms. The summed E-state index contributed by atoms with van der Waals surface area (Å²) in [5.74, 6) is 0. The molecular weight excluding hydrogens is 192 g/mol. The first kappa shape index (κ1) is 11.5. The van der Waals surface area contributed by atoms with Crippen molar-refractivity contribution in [2.75, 3.05) is 14.1 Å². The number of benzene rings is 1. The van der Waals surface area contributed by atoms with Crippen molar-refractivity contribution in [1.29, 1.82) is 0 Å². The monoisotopic (exact) mass is 208 g/mol. The van der Waals surface area contributed by atoms with Crippen LogP contribution in [0.4, 0.5) is 4.79 Å². The molecule has 2 amide bonds. The number of carbonyl (C=O) groups excluding carboxylic acids is 1. The number of hydrogen-bond acceptors (Lipinski definition) is 2. The van der Waals surface area contributed by atoms with Crippen LogP contribution in [-0.4, -0.2) is 30.1 Å². The summed E-state index contributed by atoms with van der Waals surface area (Å²) in [5, 5.41) is 11.7. The van der Waals surface area contributed by atoms with E-state index in [1.54, 1.807) is 14.1 Å². The number of nitrogens with one attached hydrogen (secondary N) is 1. The summed E-state index contributed by atoms with van der Waals surface area (Å²) in [6.07, 6.45) is 0. The molecule has 0 aliphatic carbocycles. The van der Waals surface area contributed by atoms with Crippen LogP contribution in [0.25, 0.3) is 0 Å². The topological polar surface area (TPSA) is 52.6 Å². The number of carbonyl (C=O) groups is 1. The van der Waals surface area contributed by atoms with Gasteiger partial charge in [0.05, 0.1) is 6.61 Å². The lowest BCUT2D eigenvalue weighted by molar-refractivity contribution is 0.217. The van der Waals surface area contributed by atoms with Gasteiger partial charge in [0.25, 0.3) is 0 Å². The van der Waals surface area contributed by atoms with Crippen molar-refractivity contribution in [2.24, 2.45) is 0 Å². The maximum Gasteiger partial charge on any atom is 0.317 e. The van der Waals surface area contributed by atoms with Gasteiger partial charge in [0.15, 0.2) is 0 Å². The third-order valence-corrected chi connectivity index (χ3v) is 2.02. The lowest BCUT2D eigenvalue weighted by Crippen LogP contribution is -2.33. The van der Waals surface area contributed by atoms with Crippen molar-refractivity contribution < 1.29 is 9.90 Å². The van der Waals surface area contributed by atoms with Crippen LogP contribution in [0.5, 0.6) is 0 Å². The minimum Gasteiger partial charge on any atom is -0.392 e. The van der Waals surface area contributed by atoms with Crippen molar-refractivity contribution in [3.8, 4) is 0 Å². The van der Waals surface area contributed by atoms with Crippen molar-refractivity contribution in [3.63, 3.8) is 0 Å². The number of nitrogens with zero attached hydrogens (tertiary/aromatic N) is 1. The zero-order chi connectivity index (χ0) is 11.3. The van der Waals surface area contributed by atoms with Crippen LogP contribution in [0, 0.1) is 0 Å². The van der Waals surface area contributed by atoms with Crippen LogP contribution in [0.2, 0.25) is 0 Å². The smallest absolute Gasteiger partial charge is 0.317 e. The van der Waals surface area contributed by atoms with Crippen LogP contribution < -0.4 is 5.32 Å². The van der Waals surface area contributed by atoms with Crippen molar-refractivity contribution in [2.45, 2.75) is 13.2 Å². The largest absolute Gasteiger partial charge is 0.392 e. The van der Waals surface area contributed by atoms with E-state index in [0.717, 1.165) is 11.1 Å². The average Bonchev–Trinajstić information content (AvgIpc) is 2.26. The summed E-state index contributed by atoms with van der Waals surface area (Å²) in [6, 6.07) is 7.37. The van der Waals surface area contributed by atoms with E-state index in [0.29, 0.717) is 6.54 Å². The van der Waals surface area contributed by atoms with E-state index in [2.05, 4.69) is 5.32 Å². The lowest BCUT2D eigenvalue weighted by Gasteiger charge is -2.12. The molecule has 82 valence electrons. The Bertz CT molecular complexity index is 337. The minimum absolute atomic E-state index is 0.0233. The Morgan fingerprint density at radius 2 is 2.07 bits per heavy atom. The van der Waals surface area contributed by atoms with Gasteiger partial charge in [-0.25, -0.2) is 4.79 Å². The van der Waals surface area contributed by atoms with Crippen LogP contribution in [-0.2, 0) is 13.2 Å². The number of hydrogen-bond donors (Lipinski definition) is 2. The van der Waals surface area contributed by atoms with Gasteiger partial charge >= 0.3 is 6.03 Å². The molecule has 0 aromatic heterocycles. The Balaban J connectivity index is 2.54. The highest BCUT2D eigenvalue weighted by molar-refractivity contribution is 5.73. The summed E-state index contributed by atoms with van der Waals surface area (Å²) in [4.78, 5) is 12.7. The van der Waals surface area contributed by atoms with Crippen LogP contribution >= 0.6 is 0 Å². The highest BCUT2D eigenvalue weighted by Crippen LogP contribution is 2.04. The molecule has 1 aromatic carbocycles. The third-order valence-electron chi connectivity index (χ3n) is 2.02. The van der Waals surface area contributed by atoms with Gasteiger partial charge in [-0.2, -0.15) is 0 Å². The van der Waals surface area contributed by atoms with Gasteiger partial charge in [0.1, 0.15) is 0 Å². The Labute approximate surface area is 89.5 Å². The SMILES string of the molecule is CN(C)C(=O)NCc1cccc(CO)c1. The second kappa shape index (κ2) is 5.36. The van der Waals surface area contributed by atoms with Gasteiger partial charge in [-0.1, -0.05) is 24.3 Å². The first-order chi connectivity index (χ1) is 7.13. The van der Waals surface area contributed by atoms with Gasteiger partial charge in [0.2, 0.25) is 0 Å². The molecule has 0 unspecified atom stereocenters. The number of rotatable bonds is 3. The lowest BCUT2D eigenvalue weighted by atomic mass is 10.1. The standard InChI is InChI=1S/C11H16N2O2/c1-13(2)11(15)12-7-9-4-3-5-10(6-9)8-14/h3-6,14H,7-8H2,1-2H3,(H,12,15). The van der Waals surface area contributed by atoms with Gasteiger partial charge in [0, 0.05) is 20.6 Å². The normalized spacial score (nSPS) is 9.80. The van der Waals surface area contributed by atoms with Crippen LogP contribution in [0.15, 0.2) is 24.3 Å². The summed E-state index contributed by atoms with van der Waals surface area (Å²) in [6.45, 7) is 0.500. The fourth-order valence-electron chi connectivity index (χ4n) is 1.17. The number of aliphatic hydroxyl groups excluding tert-OH is 1. The van der Waals surface area contributed by atoms with Crippen molar-refractivity contribution in [3.05, 3.63) is 35.4 Å². The van der Waals surface area contributed by atoms with Gasteiger partial charge in [-0.3, -0.25) is 0 Å². The average molecular weight is 208 g/mol. The quantitative estimate of drug-likeness (QED) is 0.777. The van der Waals surface area contributed by atoms with E-state index in [1.807, 2.05) is 24.3 Å². The molecule has 0 aliphatic rings. The van der Waals surface area contributed by atoms with E-state index in [4.69, 9.17) is 5.11 Å². The highest BCUT2D eigenvalue weighted by Gasteiger charge is 2.02. The number of amides is 2. The summed E-state index contributed by atoms with van der Waals surface area (Å²) < 4.78 is 0. The first-order valence-corrected chi connectivity index (χ1v) is 4.77. The van der Waals surface area contributed by atoms with E-state index < -0.39 is 0 Å². The maximum absolute atomic E-state index is 11.2. The van der Waals surface area contributed by atoms with E-state index in [9.17, 15) is 4.79 Å². The molecule has 4 heteroatoms. The Morgan fingerprint density at radius 1 is 1.40 bits per heavy atom. The fourth-order valence-corrected chi connectivity index (χ4v) is 1.17. The van der Waals surface area contributed by atoms with Gasteiger partial charge in [-0.05, 0) is 11.1 Å². The van der Waals surface area contributed by atoms with Crippen molar-refractivity contribution in [1.82, 2.24) is 10.2 Å². The third kappa shape index (κ3) is 3.59. The second-order valence-corrected chi connectivity index (χ2v) is 3.53. The minimum atomic E-state index is -0.121. The molecule has 0 fully saturated rings. The fraction of sp³-hybridized carbons (Fsp3) is 0.364. The molecule has 0 aliphatic heterocycles. The maximum atomic E-state index is 11.2. The number of aliphatic hydroxyl groups is 1. The molecule has 0 heterocycles. The molecule has 15 heavy (non-hydrogen) atoms. The van der Waals surface area contributed by atoms with Crippen molar-refractivity contribution >= 4 is 6.03 Å².